The van der Waals surface area contributed by atoms with E-state index in [1.54, 1.807) is 6.07 Å². The average Bonchev–Trinajstić information content (AvgIpc) is 2.78. The Kier molecular flexibility index (Phi) is 6.97. The summed E-state index contributed by atoms with van der Waals surface area (Å²) in [6.45, 7) is 7.49. The van der Waals surface area contributed by atoms with Crippen LogP contribution in [0.3, 0.4) is 0 Å². The highest BCUT2D eigenvalue weighted by molar-refractivity contribution is 6.00. The fourth-order valence-corrected chi connectivity index (χ4v) is 4.68. The van der Waals surface area contributed by atoms with Crippen LogP contribution in [-0.4, -0.2) is 16.9 Å². The third-order valence-electron chi connectivity index (χ3n) is 6.40. The van der Waals surface area contributed by atoms with E-state index in [1.807, 2.05) is 62.4 Å². The highest BCUT2D eigenvalue weighted by Gasteiger charge is 2.47. The molecule has 5 nitrogen and oxygen atoms in total. The molecule has 0 radical (unpaired) electrons. The zero-order valence-corrected chi connectivity index (χ0v) is 20.8. The maximum absolute atomic E-state index is 13.6. The lowest BCUT2D eigenvalue weighted by Gasteiger charge is -2.39. The third kappa shape index (κ3) is 4.95. The number of esters is 1. The average molecular weight is 473 g/mol. The largest absolute Gasteiger partial charge is 0.507 e. The van der Waals surface area contributed by atoms with Gasteiger partial charge in [0.05, 0.1) is 12.0 Å². The zero-order valence-electron chi connectivity index (χ0n) is 20.8. The molecular weight excluding hydrogens is 440 g/mol. The first-order valence-corrected chi connectivity index (χ1v) is 12.2. The Bertz CT molecular complexity index is 1260. The minimum absolute atomic E-state index is 0.0381. The van der Waals surface area contributed by atoms with Crippen LogP contribution >= 0.6 is 0 Å². The number of phenolic OH excluding ortho intramolecular Hbond substituents is 1. The number of unbranched alkanes of at least 4 members (excludes halogenated alkanes) is 2. The van der Waals surface area contributed by atoms with Crippen LogP contribution in [0.4, 0.5) is 0 Å². The minimum Gasteiger partial charge on any atom is -0.507 e. The number of carbonyl (C=O) groups excluding carboxylic acids is 2. The molecule has 0 bridgehead atoms. The molecule has 1 heterocycles. The van der Waals surface area contributed by atoms with Crippen molar-refractivity contribution >= 4 is 11.8 Å². The highest BCUT2D eigenvalue weighted by atomic mass is 16.7. The summed E-state index contributed by atoms with van der Waals surface area (Å²) in [5.41, 5.74) is 4.78. The molecule has 1 aliphatic rings. The van der Waals surface area contributed by atoms with Gasteiger partial charge < -0.3 is 14.6 Å². The highest BCUT2D eigenvalue weighted by Crippen LogP contribution is 2.50. The summed E-state index contributed by atoms with van der Waals surface area (Å²) in [6.07, 6.45) is 3.38. The van der Waals surface area contributed by atoms with E-state index in [1.165, 1.54) is 6.92 Å². The maximum atomic E-state index is 13.6. The number of hydrogen-bond acceptors (Lipinski definition) is 5. The van der Waals surface area contributed by atoms with Gasteiger partial charge in [0.15, 0.2) is 5.75 Å². The number of aromatic hydroxyl groups is 1. The lowest BCUT2D eigenvalue weighted by molar-refractivity contribution is -0.171. The third-order valence-corrected chi connectivity index (χ3v) is 6.40. The van der Waals surface area contributed by atoms with Gasteiger partial charge in [-0.05, 0) is 50.8 Å². The van der Waals surface area contributed by atoms with Crippen molar-refractivity contribution < 1.29 is 24.2 Å². The van der Waals surface area contributed by atoms with Crippen LogP contribution in [0.2, 0.25) is 0 Å². The van der Waals surface area contributed by atoms with E-state index in [2.05, 4.69) is 6.92 Å². The Hall–Kier alpha value is -3.60. The summed E-state index contributed by atoms with van der Waals surface area (Å²) < 4.78 is 12.5. The normalized spacial score (nSPS) is 16.9. The predicted octanol–water partition coefficient (Wildman–Crippen LogP) is 6.79. The quantitative estimate of drug-likeness (QED) is 0.289. The summed E-state index contributed by atoms with van der Waals surface area (Å²) in [5.74, 6) is -2.04. The molecule has 0 aliphatic carbocycles. The number of Topliss-reactive ketones (excluding diaryl/α,β-unsaturated/α-hetero) is 1. The van der Waals surface area contributed by atoms with Gasteiger partial charge >= 0.3 is 5.97 Å². The summed E-state index contributed by atoms with van der Waals surface area (Å²) in [4.78, 5) is 26.0. The molecule has 1 N–H and O–H groups in total. The minimum atomic E-state index is -1.61. The number of cyclic esters (lactones) is 1. The van der Waals surface area contributed by atoms with Crippen molar-refractivity contribution in [1.29, 1.82) is 0 Å². The number of carbonyl (C=O) groups is 2. The number of rotatable bonds is 8. The van der Waals surface area contributed by atoms with Gasteiger partial charge in [0.2, 0.25) is 0 Å². The molecule has 35 heavy (non-hydrogen) atoms. The molecule has 0 fully saturated rings. The molecule has 0 aromatic heterocycles. The van der Waals surface area contributed by atoms with Gasteiger partial charge in [-0.2, -0.15) is 0 Å². The number of ketones is 1. The lowest BCUT2D eigenvalue weighted by Crippen LogP contribution is -2.44. The molecule has 1 aliphatic heterocycles. The van der Waals surface area contributed by atoms with Gasteiger partial charge in [-0.25, -0.2) is 4.79 Å². The smallest absolute Gasteiger partial charge is 0.345 e. The summed E-state index contributed by atoms with van der Waals surface area (Å²) in [5, 5.41) is 11.2. The van der Waals surface area contributed by atoms with Gasteiger partial charge in [0.1, 0.15) is 17.1 Å². The maximum Gasteiger partial charge on any atom is 0.345 e. The Morgan fingerprint density at radius 1 is 0.943 bits per heavy atom. The molecule has 0 saturated carbocycles. The number of aryl methyl sites for hydroxylation is 3. The lowest BCUT2D eigenvalue weighted by atomic mass is 9.90. The fourth-order valence-electron chi connectivity index (χ4n) is 4.68. The predicted molar refractivity (Wildman–Crippen MR) is 136 cm³/mol. The van der Waals surface area contributed by atoms with E-state index in [4.69, 9.17) is 9.47 Å². The Labute approximate surface area is 206 Å². The van der Waals surface area contributed by atoms with Gasteiger partial charge in [-0.3, -0.25) is 4.79 Å². The van der Waals surface area contributed by atoms with Crippen molar-refractivity contribution in [3.63, 3.8) is 0 Å². The summed E-state index contributed by atoms with van der Waals surface area (Å²) in [7, 11) is 0. The summed E-state index contributed by atoms with van der Waals surface area (Å²) >= 11 is 0. The standard InChI is InChI=1S/C30H32O5/c1-5-6-7-10-23-17-25(32)26(22-11-8-9-20(3)16-22)28-27(23)29(33)35-30(34-28,18-21(4)31)24-14-12-19(2)13-15-24/h8-9,11-17,32H,5-7,10,18H2,1-4H3. The molecule has 1 unspecified atom stereocenters. The molecular formula is C30H32O5. The molecule has 0 spiro atoms. The number of fused-ring (bicyclic) bond motifs is 1. The molecule has 1 atom stereocenters. The SMILES string of the molecule is CCCCCc1cc(O)c(-c2cccc(C)c2)c2c1C(=O)OC(CC(C)=O)(c1ccc(C)cc1)O2. The van der Waals surface area contributed by atoms with Crippen LogP contribution in [0.15, 0.2) is 54.6 Å². The van der Waals surface area contributed by atoms with Crippen molar-refractivity contribution in [3.05, 3.63) is 82.4 Å². The first-order chi connectivity index (χ1) is 16.7. The number of ether oxygens (including phenoxy) is 2. The van der Waals surface area contributed by atoms with Crippen LogP contribution in [0.25, 0.3) is 11.1 Å². The molecule has 0 saturated heterocycles. The summed E-state index contributed by atoms with van der Waals surface area (Å²) in [6, 6.07) is 16.7. The van der Waals surface area contributed by atoms with E-state index in [-0.39, 0.29) is 23.7 Å². The van der Waals surface area contributed by atoms with E-state index in [0.29, 0.717) is 28.7 Å². The second kappa shape index (κ2) is 9.95. The van der Waals surface area contributed by atoms with E-state index < -0.39 is 11.8 Å². The van der Waals surface area contributed by atoms with Gasteiger partial charge in [0.25, 0.3) is 5.79 Å². The van der Waals surface area contributed by atoms with Crippen LogP contribution in [0.5, 0.6) is 11.5 Å². The molecule has 4 rings (SSSR count). The van der Waals surface area contributed by atoms with E-state index >= 15 is 0 Å². The topological polar surface area (TPSA) is 72.8 Å². The van der Waals surface area contributed by atoms with E-state index in [9.17, 15) is 14.7 Å². The first kappa shape index (κ1) is 24.5. The van der Waals surface area contributed by atoms with Gasteiger partial charge in [-0.15, -0.1) is 0 Å². The Balaban J connectivity index is 1.96. The van der Waals surface area contributed by atoms with Crippen LogP contribution in [0, 0.1) is 13.8 Å². The zero-order chi connectivity index (χ0) is 25.2. The number of hydrogen-bond donors (Lipinski definition) is 1. The molecule has 3 aromatic carbocycles. The Morgan fingerprint density at radius 3 is 2.34 bits per heavy atom. The van der Waals surface area contributed by atoms with Crippen molar-refractivity contribution in [2.45, 2.75) is 65.6 Å². The van der Waals surface area contributed by atoms with Crippen molar-refractivity contribution in [1.82, 2.24) is 0 Å². The van der Waals surface area contributed by atoms with Crippen LogP contribution in [-0.2, 0) is 21.7 Å². The van der Waals surface area contributed by atoms with Crippen molar-refractivity contribution in [3.8, 4) is 22.6 Å². The second-order valence-electron chi connectivity index (χ2n) is 9.45. The monoisotopic (exact) mass is 472 g/mol. The molecule has 182 valence electrons. The number of benzene rings is 3. The van der Waals surface area contributed by atoms with Gasteiger partial charge in [0, 0.05) is 5.56 Å². The second-order valence-corrected chi connectivity index (χ2v) is 9.45. The fraction of sp³-hybridized carbons (Fsp3) is 0.333. The van der Waals surface area contributed by atoms with Crippen LogP contribution < -0.4 is 4.74 Å². The van der Waals surface area contributed by atoms with Gasteiger partial charge in [-0.1, -0.05) is 79.4 Å². The number of phenols is 1. The van der Waals surface area contributed by atoms with E-state index in [0.717, 1.165) is 36.0 Å². The Morgan fingerprint density at radius 2 is 1.69 bits per heavy atom. The molecule has 5 heteroatoms. The molecule has 3 aromatic rings. The van der Waals surface area contributed by atoms with Crippen LogP contribution in [0.1, 0.15) is 72.1 Å². The first-order valence-electron chi connectivity index (χ1n) is 12.2. The van der Waals surface area contributed by atoms with Crippen molar-refractivity contribution in [2.24, 2.45) is 0 Å². The van der Waals surface area contributed by atoms with Crippen molar-refractivity contribution in [2.75, 3.05) is 0 Å². The molecule has 0 amide bonds.